The topological polar surface area (TPSA) is 83.4 Å². The van der Waals surface area contributed by atoms with E-state index >= 15 is 0 Å². The Balaban J connectivity index is 1.26. The van der Waals surface area contributed by atoms with Gasteiger partial charge in [0.25, 0.3) is 0 Å². The number of benzene rings is 1. The van der Waals surface area contributed by atoms with Crippen LogP contribution in [0.15, 0.2) is 42.6 Å². The molecule has 3 aliphatic heterocycles. The number of carboxylic acid groups (broad SMARTS) is 1. The number of anilines is 4. The maximum absolute atomic E-state index is 11.6. The van der Waals surface area contributed by atoms with Gasteiger partial charge in [-0.3, -0.25) is 9.80 Å². The minimum atomic E-state index is -0.928. The summed E-state index contributed by atoms with van der Waals surface area (Å²) >= 11 is 0. The third-order valence-corrected chi connectivity index (χ3v) is 7.18. The standard InChI is InChI=1S/C24H31N5O3/c30-17-20-4-3-11-27(20)18-9-12-26(13-10-18)19-7-8-23(25-16-19)28-14-15-29(24(31)32)22-6-2-1-5-21(22)28/h1-2,5-8,16,18,20,30H,3-4,9-15,17H2,(H,31,32)/t20-/m0/s1. The highest BCUT2D eigenvalue weighted by Gasteiger charge is 2.33. The van der Waals surface area contributed by atoms with Gasteiger partial charge in [0.15, 0.2) is 0 Å². The monoisotopic (exact) mass is 437 g/mol. The van der Waals surface area contributed by atoms with Crippen LogP contribution in [0, 0.1) is 0 Å². The maximum Gasteiger partial charge on any atom is 0.411 e. The van der Waals surface area contributed by atoms with E-state index < -0.39 is 6.09 Å². The molecule has 2 aromatic rings. The number of hydrogen-bond donors (Lipinski definition) is 2. The number of piperidine rings is 1. The normalized spacial score (nSPS) is 22.3. The molecule has 0 radical (unpaired) electrons. The summed E-state index contributed by atoms with van der Waals surface area (Å²) in [4.78, 5) is 24.7. The van der Waals surface area contributed by atoms with Gasteiger partial charge in [0.2, 0.25) is 0 Å². The average molecular weight is 438 g/mol. The first-order valence-corrected chi connectivity index (χ1v) is 11.6. The molecule has 2 saturated heterocycles. The molecule has 0 spiro atoms. The van der Waals surface area contributed by atoms with E-state index in [9.17, 15) is 15.0 Å². The summed E-state index contributed by atoms with van der Waals surface area (Å²) < 4.78 is 0. The van der Waals surface area contributed by atoms with Crippen molar-refractivity contribution >= 4 is 29.0 Å². The molecule has 1 atom stereocenters. The Morgan fingerprint density at radius 2 is 1.75 bits per heavy atom. The fourth-order valence-corrected chi connectivity index (χ4v) is 5.51. The van der Waals surface area contributed by atoms with E-state index in [0.717, 1.165) is 56.1 Å². The van der Waals surface area contributed by atoms with Gasteiger partial charge in [0.05, 0.1) is 29.9 Å². The lowest BCUT2D eigenvalue weighted by Gasteiger charge is -2.40. The van der Waals surface area contributed by atoms with Crippen LogP contribution in [-0.4, -0.2) is 77.6 Å². The SMILES string of the molecule is O=C(O)N1CCN(c2ccc(N3CCC(N4CCC[C@H]4CO)CC3)cn2)c2ccccc21. The van der Waals surface area contributed by atoms with Gasteiger partial charge in [0.1, 0.15) is 5.82 Å². The van der Waals surface area contributed by atoms with Crippen LogP contribution in [0.2, 0.25) is 0 Å². The predicted molar refractivity (Wildman–Crippen MR) is 125 cm³/mol. The molecule has 8 nitrogen and oxygen atoms in total. The zero-order chi connectivity index (χ0) is 22.1. The highest BCUT2D eigenvalue weighted by Crippen LogP contribution is 2.37. The fourth-order valence-electron chi connectivity index (χ4n) is 5.51. The second kappa shape index (κ2) is 8.96. The molecule has 0 saturated carbocycles. The number of aliphatic hydroxyl groups is 1. The lowest BCUT2D eigenvalue weighted by molar-refractivity contribution is 0.105. The second-order valence-electron chi connectivity index (χ2n) is 8.88. The lowest BCUT2D eigenvalue weighted by Crippen LogP contribution is -2.47. The van der Waals surface area contributed by atoms with Crippen molar-refractivity contribution in [3.63, 3.8) is 0 Å². The van der Waals surface area contributed by atoms with Gasteiger partial charge < -0.3 is 20.0 Å². The van der Waals surface area contributed by atoms with E-state index in [0.29, 0.717) is 30.9 Å². The Labute approximate surface area is 188 Å². The van der Waals surface area contributed by atoms with Crippen LogP contribution in [0.5, 0.6) is 0 Å². The third kappa shape index (κ3) is 3.89. The van der Waals surface area contributed by atoms with E-state index in [2.05, 4.69) is 20.8 Å². The van der Waals surface area contributed by atoms with Crippen molar-refractivity contribution in [2.45, 2.75) is 37.8 Å². The zero-order valence-electron chi connectivity index (χ0n) is 18.3. The summed E-state index contributed by atoms with van der Waals surface area (Å²) in [5.74, 6) is 0.837. The number of para-hydroxylation sites is 2. The molecule has 2 N–H and O–H groups in total. The van der Waals surface area contributed by atoms with Gasteiger partial charge in [-0.05, 0) is 56.5 Å². The molecule has 3 aliphatic rings. The molecule has 1 amide bonds. The Morgan fingerprint density at radius 3 is 2.44 bits per heavy atom. The zero-order valence-corrected chi connectivity index (χ0v) is 18.3. The summed E-state index contributed by atoms with van der Waals surface area (Å²) in [6.07, 6.45) is 5.55. The van der Waals surface area contributed by atoms with Crippen molar-refractivity contribution in [3.05, 3.63) is 42.6 Å². The van der Waals surface area contributed by atoms with Crippen molar-refractivity contribution in [2.75, 3.05) is 54.0 Å². The quantitative estimate of drug-likeness (QED) is 0.760. The highest BCUT2D eigenvalue weighted by molar-refractivity contribution is 5.93. The largest absolute Gasteiger partial charge is 0.465 e. The number of nitrogens with zero attached hydrogens (tertiary/aromatic N) is 5. The Bertz CT molecular complexity index is 945. The van der Waals surface area contributed by atoms with E-state index in [1.165, 1.54) is 11.3 Å². The van der Waals surface area contributed by atoms with Crippen LogP contribution in [0.3, 0.4) is 0 Å². The first-order chi connectivity index (χ1) is 15.7. The van der Waals surface area contributed by atoms with Gasteiger partial charge >= 0.3 is 6.09 Å². The van der Waals surface area contributed by atoms with E-state index in [-0.39, 0.29) is 6.61 Å². The number of aliphatic hydroxyl groups excluding tert-OH is 1. The minimum absolute atomic E-state index is 0.273. The van der Waals surface area contributed by atoms with Crippen molar-refractivity contribution in [1.29, 1.82) is 0 Å². The van der Waals surface area contributed by atoms with Crippen molar-refractivity contribution in [2.24, 2.45) is 0 Å². The van der Waals surface area contributed by atoms with Crippen molar-refractivity contribution in [1.82, 2.24) is 9.88 Å². The smallest absolute Gasteiger partial charge is 0.411 e. The summed E-state index contributed by atoms with van der Waals surface area (Å²) in [7, 11) is 0. The Hall–Kier alpha value is -2.84. The number of amides is 1. The molecular formula is C24H31N5O3. The first kappa shape index (κ1) is 21.0. The van der Waals surface area contributed by atoms with Crippen LogP contribution < -0.4 is 14.7 Å². The van der Waals surface area contributed by atoms with Crippen LogP contribution in [0.1, 0.15) is 25.7 Å². The predicted octanol–water partition coefficient (Wildman–Crippen LogP) is 3.14. The van der Waals surface area contributed by atoms with Crippen LogP contribution in [-0.2, 0) is 0 Å². The van der Waals surface area contributed by atoms with Gasteiger partial charge in [-0.25, -0.2) is 9.78 Å². The first-order valence-electron chi connectivity index (χ1n) is 11.6. The molecule has 1 aromatic heterocycles. The van der Waals surface area contributed by atoms with E-state index in [1.54, 1.807) is 0 Å². The molecule has 0 unspecified atom stereocenters. The number of carbonyl (C=O) groups is 1. The van der Waals surface area contributed by atoms with E-state index in [4.69, 9.17) is 4.98 Å². The second-order valence-corrected chi connectivity index (χ2v) is 8.88. The number of fused-ring (bicyclic) bond motifs is 1. The van der Waals surface area contributed by atoms with Crippen LogP contribution >= 0.6 is 0 Å². The number of likely N-dealkylation sites (tertiary alicyclic amines) is 1. The van der Waals surface area contributed by atoms with Gasteiger partial charge in [0, 0.05) is 38.3 Å². The number of hydrogen-bond acceptors (Lipinski definition) is 6. The Morgan fingerprint density at radius 1 is 0.969 bits per heavy atom. The molecule has 0 aliphatic carbocycles. The van der Waals surface area contributed by atoms with Gasteiger partial charge in [-0.15, -0.1) is 0 Å². The molecular weight excluding hydrogens is 406 g/mol. The number of pyridine rings is 1. The van der Waals surface area contributed by atoms with Gasteiger partial charge in [-0.1, -0.05) is 12.1 Å². The average Bonchev–Trinajstić information content (AvgIpc) is 3.32. The summed E-state index contributed by atoms with van der Waals surface area (Å²) in [5.41, 5.74) is 2.69. The van der Waals surface area contributed by atoms with Gasteiger partial charge in [-0.2, -0.15) is 0 Å². The Kier molecular flexibility index (Phi) is 5.89. The molecule has 4 heterocycles. The summed E-state index contributed by atoms with van der Waals surface area (Å²) in [6, 6.07) is 12.7. The van der Waals surface area contributed by atoms with E-state index in [1.807, 2.05) is 36.5 Å². The third-order valence-electron chi connectivity index (χ3n) is 7.18. The molecule has 5 rings (SSSR count). The summed E-state index contributed by atoms with van der Waals surface area (Å²) in [6.45, 7) is 4.37. The van der Waals surface area contributed by atoms with Crippen molar-refractivity contribution < 1.29 is 15.0 Å². The lowest BCUT2D eigenvalue weighted by atomic mass is 10.0. The molecule has 1 aromatic carbocycles. The van der Waals surface area contributed by atoms with Crippen LogP contribution in [0.25, 0.3) is 0 Å². The molecule has 8 heteroatoms. The summed E-state index contributed by atoms with van der Waals surface area (Å²) in [5, 5.41) is 19.1. The molecule has 2 fully saturated rings. The number of aromatic nitrogens is 1. The molecule has 0 bridgehead atoms. The maximum atomic E-state index is 11.6. The molecule has 32 heavy (non-hydrogen) atoms. The van der Waals surface area contributed by atoms with Crippen molar-refractivity contribution in [3.8, 4) is 0 Å². The molecule has 170 valence electrons. The fraction of sp³-hybridized carbons (Fsp3) is 0.500. The number of rotatable bonds is 4. The van der Waals surface area contributed by atoms with Crippen LogP contribution in [0.4, 0.5) is 27.7 Å². The minimum Gasteiger partial charge on any atom is -0.465 e. The highest BCUT2D eigenvalue weighted by atomic mass is 16.4.